The van der Waals surface area contributed by atoms with E-state index >= 15 is 0 Å². The van der Waals surface area contributed by atoms with E-state index in [-0.39, 0.29) is 5.91 Å². The van der Waals surface area contributed by atoms with E-state index in [0.29, 0.717) is 24.7 Å². The highest BCUT2D eigenvalue weighted by atomic mass is 16.3. The van der Waals surface area contributed by atoms with Crippen LogP contribution in [-0.2, 0) is 26.1 Å². The maximum Gasteiger partial charge on any atom is 0.273 e. The number of hydrogen-bond donors (Lipinski definition) is 2. The summed E-state index contributed by atoms with van der Waals surface area (Å²) in [5.74, 6) is 0.296. The molecule has 2 N–H and O–H groups in total. The number of nitrogens with zero attached hydrogens (tertiary/aromatic N) is 2. The summed E-state index contributed by atoms with van der Waals surface area (Å²) >= 11 is 0. The van der Waals surface area contributed by atoms with Gasteiger partial charge in [-0.25, -0.2) is 4.98 Å². The Kier molecular flexibility index (Phi) is 7.24. The van der Waals surface area contributed by atoms with E-state index in [2.05, 4.69) is 75.8 Å². The third-order valence-electron chi connectivity index (χ3n) is 6.30. The van der Waals surface area contributed by atoms with Crippen LogP contribution in [0.5, 0.6) is 0 Å². The van der Waals surface area contributed by atoms with Gasteiger partial charge in [0, 0.05) is 36.7 Å². The quantitative estimate of drug-likeness (QED) is 0.272. The van der Waals surface area contributed by atoms with Crippen LogP contribution in [0, 0.1) is 6.92 Å². The fraction of sp³-hybridized carbons (Fsp3) is 0.200. The molecule has 0 fully saturated rings. The molecule has 6 heteroatoms. The summed E-state index contributed by atoms with van der Waals surface area (Å²) in [6.07, 6.45) is 4.43. The van der Waals surface area contributed by atoms with Crippen LogP contribution in [0.25, 0.3) is 10.9 Å². The molecule has 1 amide bonds. The number of H-pyrrole nitrogens is 1. The van der Waals surface area contributed by atoms with Crippen LogP contribution in [0.1, 0.15) is 38.6 Å². The molecule has 5 aromatic rings. The van der Waals surface area contributed by atoms with Crippen LogP contribution >= 0.6 is 0 Å². The topological polar surface area (TPSA) is 74.2 Å². The van der Waals surface area contributed by atoms with Crippen molar-refractivity contribution in [2.45, 2.75) is 33.0 Å². The average molecular weight is 479 g/mol. The van der Waals surface area contributed by atoms with Crippen LogP contribution < -0.4 is 5.32 Å². The number of carbonyl (C=O) groups is 1. The first kappa shape index (κ1) is 23.6. The molecule has 182 valence electrons. The first-order chi connectivity index (χ1) is 17.6. The summed E-state index contributed by atoms with van der Waals surface area (Å²) in [7, 11) is 0. The molecule has 2 heterocycles. The maximum absolute atomic E-state index is 12.6. The number of aryl methyl sites for hydroxylation is 1. The molecule has 0 aliphatic rings. The van der Waals surface area contributed by atoms with E-state index in [1.54, 1.807) is 0 Å². The Morgan fingerprint density at radius 1 is 0.972 bits per heavy atom. The number of oxazole rings is 1. The summed E-state index contributed by atoms with van der Waals surface area (Å²) in [5, 5.41) is 4.16. The molecule has 0 aliphatic heterocycles. The van der Waals surface area contributed by atoms with E-state index in [1.807, 2.05) is 36.4 Å². The second-order valence-electron chi connectivity index (χ2n) is 9.10. The van der Waals surface area contributed by atoms with Gasteiger partial charge in [-0.05, 0) is 36.1 Å². The molecule has 0 saturated heterocycles. The van der Waals surface area contributed by atoms with Crippen molar-refractivity contribution in [1.82, 2.24) is 20.2 Å². The monoisotopic (exact) mass is 478 g/mol. The number of amides is 1. The number of fused-ring (bicyclic) bond motifs is 1. The van der Waals surface area contributed by atoms with E-state index in [4.69, 9.17) is 4.42 Å². The molecule has 0 saturated carbocycles. The minimum atomic E-state index is -0.238. The molecule has 6 nitrogen and oxygen atoms in total. The van der Waals surface area contributed by atoms with Crippen molar-refractivity contribution < 1.29 is 9.21 Å². The molecular formula is C30H30N4O2. The van der Waals surface area contributed by atoms with Gasteiger partial charge in [-0.2, -0.15) is 0 Å². The lowest BCUT2D eigenvalue weighted by atomic mass is 10.1. The minimum absolute atomic E-state index is 0.238. The van der Waals surface area contributed by atoms with E-state index in [9.17, 15) is 4.79 Å². The number of carbonyl (C=O) groups excluding carboxylic acids is 1. The van der Waals surface area contributed by atoms with Gasteiger partial charge in [0.1, 0.15) is 6.26 Å². The number of aromatic nitrogens is 2. The third kappa shape index (κ3) is 5.90. The van der Waals surface area contributed by atoms with Gasteiger partial charge in [0.25, 0.3) is 5.91 Å². The summed E-state index contributed by atoms with van der Waals surface area (Å²) in [4.78, 5) is 22.8. The van der Waals surface area contributed by atoms with E-state index in [0.717, 1.165) is 30.6 Å². The Hall–Kier alpha value is -4.16. The molecule has 0 unspecified atom stereocenters. The summed E-state index contributed by atoms with van der Waals surface area (Å²) in [6, 6.07) is 26.7. The zero-order valence-electron chi connectivity index (χ0n) is 20.4. The lowest BCUT2D eigenvalue weighted by Gasteiger charge is -2.21. The normalized spacial score (nSPS) is 11.3. The molecule has 5 rings (SSSR count). The predicted molar refractivity (Wildman–Crippen MR) is 141 cm³/mol. The van der Waals surface area contributed by atoms with Crippen LogP contribution in [0.15, 0.2) is 95.7 Å². The highest BCUT2D eigenvalue weighted by molar-refractivity contribution is 5.91. The highest BCUT2D eigenvalue weighted by Crippen LogP contribution is 2.20. The number of hydrogen-bond acceptors (Lipinski definition) is 4. The standard InChI is InChI=1S/C30H30N4O2/c1-22-8-7-11-24(16-22)19-34(15-14-25-18-31-27-13-6-5-12-26(25)27)20-29-33-28(21-36-29)30(35)32-17-23-9-3-2-4-10-23/h2-13,16,18,21,31H,14-15,17,19-20H2,1H3,(H,32,35). The Morgan fingerprint density at radius 3 is 2.64 bits per heavy atom. The van der Waals surface area contributed by atoms with Gasteiger partial charge < -0.3 is 14.7 Å². The zero-order valence-corrected chi connectivity index (χ0v) is 20.4. The number of nitrogens with one attached hydrogen (secondary N) is 2. The Balaban J connectivity index is 1.27. The second-order valence-corrected chi connectivity index (χ2v) is 9.10. The number of benzene rings is 3. The van der Waals surface area contributed by atoms with Crippen LogP contribution in [-0.4, -0.2) is 27.3 Å². The van der Waals surface area contributed by atoms with Gasteiger partial charge >= 0.3 is 0 Å². The maximum atomic E-state index is 12.6. The number of para-hydroxylation sites is 1. The molecule has 0 bridgehead atoms. The summed E-state index contributed by atoms with van der Waals surface area (Å²) < 4.78 is 5.72. The Bertz CT molecular complexity index is 1440. The van der Waals surface area contributed by atoms with Gasteiger partial charge in [-0.15, -0.1) is 0 Å². The van der Waals surface area contributed by atoms with Crippen molar-refractivity contribution in [3.8, 4) is 0 Å². The molecule has 0 spiro atoms. The van der Waals surface area contributed by atoms with Crippen LogP contribution in [0.2, 0.25) is 0 Å². The van der Waals surface area contributed by atoms with Crippen molar-refractivity contribution in [3.63, 3.8) is 0 Å². The van der Waals surface area contributed by atoms with Crippen LogP contribution in [0.3, 0.4) is 0 Å². The molecule has 2 aromatic heterocycles. The zero-order chi connectivity index (χ0) is 24.7. The summed E-state index contributed by atoms with van der Waals surface area (Å²) in [6.45, 7) is 4.66. The van der Waals surface area contributed by atoms with Gasteiger partial charge in [0.15, 0.2) is 5.69 Å². The van der Waals surface area contributed by atoms with Gasteiger partial charge in [-0.1, -0.05) is 78.4 Å². The minimum Gasteiger partial charge on any atom is -0.447 e. The van der Waals surface area contributed by atoms with Crippen molar-refractivity contribution >= 4 is 16.8 Å². The van der Waals surface area contributed by atoms with Gasteiger partial charge in [-0.3, -0.25) is 9.69 Å². The predicted octanol–water partition coefficient (Wildman–Crippen LogP) is 5.64. The van der Waals surface area contributed by atoms with Gasteiger partial charge in [0.2, 0.25) is 5.89 Å². The van der Waals surface area contributed by atoms with Crippen LogP contribution in [0.4, 0.5) is 0 Å². The molecule has 0 radical (unpaired) electrons. The lowest BCUT2D eigenvalue weighted by molar-refractivity contribution is 0.0945. The van der Waals surface area contributed by atoms with E-state index < -0.39 is 0 Å². The molecule has 36 heavy (non-hydrogen) atoms. The number of aromatic amines is 1. The smallest absolute Gasteiger partial charge is 0.273 e. The second kappa shape index (κ2) is 11.1. The SMILES string of the molecule is Cc1cccc(CN(CCc2c[nH]c3ccccc23)Cc2nc(C(=O)NCc3ccccc3)co2)c1. The fourth-order valence-corrected chi connectivity index (χ4v) is 4.45. The Morgan fingerprint density at radius 2 is 1.78 bits per heavy atom. The third-order valence-corrected chi connectivity index (χ3v) is 6.30. The van der Waals surface area contributed by atoms with Crippen molar-refractivity contribution in [2.75, 3.05) is 6.54 Å². The molecular weight excluding hydrogens is 448 g/mol. The molecule has 0 atom stereocenters. The lowest BCUT2D eigenvalue weighted by Crippen LogP contribution is -2.26. The summed E-state index contributed by atoms with van der Waals surface area (Å²) in [5.41, 5.74) is 6.24. The fourth-order valence-electron chi connectivity index (χ4n) is 4.45. The molecule has 0 aliphatic carbocycles. The Labute approximate surface area is 211 Å². The largest absolute Gasteiger partial charge is 0.447 e. The van der Waals surface area contributed by atoms with Crippen molar-refractivity contribution in [3.05, 3.63) is 125 Å². The first-order valence-electron chi connectivity index (χ1n) is 12.2. The molecule has 3 aromatic carbocycles. The van der Waals surface area contributed by atoms with Crippen molar-refractivity contribution in [1.29, 1.82) is 0 Å². The van der Waals surface area contributed by atoms with E-state index in [1.165, 1.54) is 28.3 Å². The first-order valence-corrected chi connectivity index (χ1v) is 12.2. The van der Waals surface area contributed by atoms with Crippen molar-refractivity contribution in [2.24, 2.45) is 0 Å². The number of rotatable bonds is 10. The van der Waals surface area contributed by atoms with Gasteiger partial charge in [0.05, 0.1) is 6.54 Å². The highest BCUT2D eigenvalue weighted by Gasteiger charge is 2.16. The average Bonchev–Trinajstić information content (AvgIpc) is 3.54.